The predicted molar refractivity (Wildman–Crippen MR) is 72.3 cm³/mol. The van der Waals surface area contributed by atoms with Gasteiger partial charge < -0.3 is 10.6 Å². The molecule has 0 radical (unpaired) electrons. The molecule has 2 fully saturated rings. The Morgan fingerprint density at radius 2 is 1.88 bits per heavy atom. The van der Waals surface area contributed by atoms with Crippen LogP contribution in [0.2, 0.25) is 0 Å². The van der Waals surface area contributed by atoms with Crippen LogP contribution in [-0.4, -0.2) is 25.0 Å². The second kappa shape index (κ2) is 4.77. The van der Waals surface area contributed by atoms with Gasteiger partial charge in [-0.15, -0.1) is 12.4 Å². The average molecular weight is 261 g/mol. The third-order valence-corrected chi connectivity index (χ3v) is 4.97. The van der Waals surface area contributed by atoms with Gasteiger partial charge in [0, 0.05) is 18.5 Å². The molecule has 1 saturated carbocycles. The van der Waals surface area contributed by atoms with Gasteiger partial charge in [-0.2, -0.15) is 0 Å². The molecule has 0 aromatic carbocycles. The van der Waals surface area contributed by atoms with Crippen molar-refractivity contribution in [1.29, 1.82) is 0 Å². The molecule has 1 heterocycles. The van der Waals surface area contributed by atoms with Gasteiger partial charge in [0.2, 0.25) is 5.91 Å². The lowest BCUT2D eigenvalue weighted by molar-refractivity contribution is -0.123. The molecular weight excluding hydrogens is 236 g/mol. The number of carbonyl (C=O) groups is 1. The highest BCUT2D eigenvalue weighted by molar-refractivity contribution is 5.85. The first kappa shape index (κ1) is 14.8. The van der Waals surface area contributed by atoms with E-state index in [2.05, 4.69) is 38.3 Å². The van der Waals surface area contributed by atoms with Crippen molar-refractivity contribution in [2.45, 2.75) is 46.6 Å². The molecule has 1 amide bonds. The Kier molecular flexibility index (Phi) is 4.15. The monoisotopic (exact) mass is 260 g/mol. The highest BCUT2D eigenvalue weighted by Gasteiger charge is 2.68. The van der Waals surface area contributed by atoms with Crippen molar-refractivity contribution in [3.05, 3.63) is 0 Å². The zero-order chi connectivity index (χ0) is 12.0. The smallest absolute Gasteiger partial charge is 0.224 e. The minimum absolute atomic E-state index is 0. The summed E-state index contributed by atoms with van der Waals surface area (Å²) in [6.45, 7) is 10.6. The molecule has 3 nitrogen and oxygen atoms in total. The van der Waals surface area contributed by atoms with Crippen molar-refractivity contribution in [3.63, 3.8) is 0 Å². The molecule has 1 atom stereocenters. The van der Waals surface area contributed by atoms with Gasteiger partial charge in [0.05, 0.1) is 0 Å². The van der Waals surface area contributed by atoms with Gasteiger partial charge in [-0.05, 0) is 30.2 Å². The summed E-state index contributed by atoms with van der Waals surface area (Å²) in [5.41, 5.74) is 0.306. The van der Waals surface area contributed by atoms with E-state index in [1.54, 1.807) is 0 Å². The Hall–Kier alpha value is -0.280. The maximum absolute atomic E-state index is 12.1. The molecule has 1 aliphatic carbocycles. The van der Waals surface area contributed by atoms with Crippen molar-refractivity contribution < 1.29 is 4.79 Å². The standard InChI is InChI=1S/C13H24N2O.ClH/c1-12(2)10(13(12,3)4)11(16)15-8-9-6-5-7-14-9;/h9-10,14H,5-8H2,1-4H3,(H,15,16);1H. The van der Waals surface area contributed by atoms with Crippen LogP contribution in [0.4, 0.5) is 0 Å². The number of nitrogens with one attached hydrogen (secondary N) is 2. The summed E-state index contributed by atoms with van der Waals surface area (Å²) < 4.78 is 0. The molecule has 4 heteroatoms. The van der Waals surface area contributed by atoms with Crippen LogP contribution in [-0.2, 0) is 4.79 Å². The highest BCUT2D eigenvalue weighted by atomic mass is 35.5. The summed E-state index contributed by atoms with van der Waals surface area (Å²) in [7, 11) is 0. The molecule has 0 aromatic rings. The quantitative estimate of drug-likeness (QED) is 0.815. The zero-order valence-electron chi connectivity index (χ0n) is 11.3. The molecule has 17 heavy (non-hydrogen) atoms. The fourth-order valence-corrected chi connectivity index (χ4v) is 3.11. The van der Waals surface area contributed by atoms with E-state index in [1.807, 2.05) is 0 Å². The molecule has 1 saturated heterocycles. The Morgan fingerprint density at radius 3 is 2.29 bits per heavy atom. The van der Waals surface area contributed by atoms with Crippen molar-refractivity contribution in [2.75, 3.05) is 13.1 Å². The third kappa shape index (κ3) is 2.45. The van der Waals surface area contributed by atoms with Crippen LogP contribution in [0, 0.1) is 16.7 Å². The summed E-state index contributed by atoms with van der Waals surface area (Å²) in [5.74, 6) is 0.421. The van der Waals surface area contributed by atoms with Crippen LogP contribution >= 0.6 is 12.4 Å². The van der Waals surface area contributed by atoms with Crippen molar-refractivity contribution in [2.24, 2.45) is 16.7 Å². The second-order valence-electron chi connectivity index (χ2n) is 6.41. The number of halogens is 1. The van der Waals surface area contributed by atoms with E-state index >= 15 is 0 Å². The lowest BCUT2D eigenvalue weighted by atomic mass is 10.0. The Labute approximate surface area is 111 Å². The first-order chi connectivity index (χ1) is 7.37. The molecular formula is C13H25ClN2O. The number of amides is 1. The first-order valence-electron chi connectivity index (χ1n) is 6.38. The van der Waals surface area contributed by atoms with Crippen LogP contribution in [0.15, 0.2) is 0 Å². The molecule has 2 rings (SSSR count). The second-order valence-corrected chi connectivity index (χ2v) is 6.41. The Morgan fingerprint density at radius 1 is 1.29 bits per heavy atom. The van der Waals surface area contributed by atoms with Gasteiger partial charge in [-0.1, -0.05) is 27.7 Å². The Bertz CT molecular complexity index is 282. The maximum Gasteiger partial charge on any atom is 0.224 e. The number of carbonyl (C=O) groups excluding carboxylic acids is 1. The summed E-state index contributed by atoms with van der Waals surface area (Å²) in [5, 5.41) is 6.49. The van der Waals surface area contributed by atoms with E-state index in [1.165, 1.54) is 12.8 Å². The molecule has 0 bridgehead atoms. The third-order valence-electron chi connectivity index (χ3n) is 4.97. The summed E-state index contributed by atoms with van der Waals surface area (Å²) in [6, 6.07) is 0.494. The SMILES string of the molecule is CC1(C)C(C(=O)NCC2CCCN2)C1(C)C.Cl. The summed E-state index contributed by atoms with van der Waals surface area (Å²) >= 11 is 0. The van der Waals surface area contributed by atoms with E-state index < -0.39 is 0 Å². The van der Waals surface area contributed by atoms with Crippen LogP contribution in [0.5, 0.6) is 0 Å². The topological polar surface area (TPSA) is 41.1 Å². The minimum atomic E-state index is 0. The van der Waals surface area contributed by atoms with E-state index in [0.29, 0.717) is 6.04 Å². The van der Waals surface area contributed by atoms with Gasteiger partial charge in [0.25, 0.3) is 0 Å². The molecule has 2 aliphatic rings. The fourth-order valence-electron chi connectivity index (χ4n) is 3.11. The predicted octanol–water partition coefficient (Wildman–Crippen LogP) is 1.96. The fraction of sp³-hybridized carbons (Fsp3) is 0.923. The largest absolute Gasteiger partial charge is 0.354 e. The van der Waals surface area contributed by atoms with Gasteiger partial charge in [-0.25, -0.2) is 0 Å². The molecule has 0 spiro atoms. The normalized spacial score (nSPS) is 29.5. The van der Waals surface area contributed by atoms with Crippen molar-refractivity contribution >= 4 is 18.3 Å². The Balaban J connectivity index is 0.00000144. The van der Waals surface area contributed by atoms with Gasteiger partial charge in [0.1, 0.15) is 0 Å². The van der Waals surface area contributed by atoms with Crippen molar-refractivity contribution in [3.8, 4) is 0 Å². The van der Waals surface area contributed by atoms with Crippen LogP contribution in [0.1, 0.15) is 40.5 Å². The lowest BCUT2D eigenvalue weighted by Crippen LogP contribution is -2.38. The number of hydrogen-bond donors (Lipinski definition) is 2. The summed E-state index contributed by atoms with van der Waals surface area (Å²) in [4.78, 5) is 12.1. The van der Waals surface area contributed by atoms with E-state index in [4.69, 9.17) is 0 Å². The van der Waals surface area contributed by atoms with Crippen LogP contribution in [0.3, 0.4) is 0 Å². The number of rotatable bonds is 3. The highest BCUT2D eigenvalue weighted by Crippen LogP contribution is 2.68. The average Bonchev–Trinajstić information content (AvgIpc) is 2.61. The zero-order valence-corrected chi connectivity index (χ0v) is 12.1. The van der Waals surface area contributed by atoms with Crippen LogP contribution < -0.4 is 10.6 Å². The van der Waals surface area contributed by atoms with Gasteiger partial charge in [0.15, 0.2) is 0 Å². The lowest BCUT2D eigenvalue weighted by Gasteiger charge is -2.12. The minimum Gasteiger partial charge on any atom is -0.354 e. The van der Waals surface area contributed by atoms with E-state index in [9.17, 15) is 4.79 Å². The van der Waals surface area contributed by atoms with E-state index in [-0.39, 0.29) is 35.1 Å². The van der Waals surface area contributed by atoms with Crippen molar-refractivity contribution in [1.82, 2.24) is 10.6 Å². The molecule has 1 unspecified atom stereocenters. The van der Waals surface area contributed by atoms with Gasteiger partial charge in [-0.3, -0.25) is 4.79 Å². The van der Waals surface area contributed by atoms with Gasteiger partial charge >= 0.3 is 0 Å². The molecule has 2 N–H and O–H groups in total. The first-order valence-corrected chi connectivity index (χ1v) is 6.38. The number of hydrogen-bond acceptors (Lipinski definition) is 2. The molecule has 100 valence electrons. The summed E-state index contributed by atoms with van der Waals surface area (Å²) in [6.07, 6.45) is 2.43. The maximum atomic E-state index is 12.1. The molecule has 1 aliphatic heterocycles. The van der Waals surface area contributed by atoms with Crippen LogP contribution in [0.25, 0.3) is 0 Å². The van der Waals surface area contributed by atoms with E-state index in [0.717, 1.165) is 13.1 Å². The molecule has 0 aromatic heterocycles.